The number of nitrogen functional groups attached to an aromatic ring is 1. The lowest BCUT2D eigenvalue weighted by Gasteiger charge is -2.15. The van der Waals surface area contributed by atoms with E-state index >= 15 is 0 Å². The van der Waals surface area contributed by atoms with Crippen molar-refractivity contribution in [3.63, 3.8) is 0 Å². The Morgan fingerprint density at radius 1 is 1.47 bits per heavy atom. The van der Waals surface area contributed by atoms with Crippen LogP contribution in [-0.2, 0) is 6.42 Å². The number of hydrogen-bond donors (Lipinski definition) is 3. The Kier molecular flexibility index (Phi) is 4.24. The Morgan fingerprint density at radius 2 is 2.18 bits per heavy atom. The summed E-state index contributed by atoms with van der Waals surface area (Å²) in [5.41, 5.74) is 7.10. The average Bonchev–Trinajstić information content (AvgIpc) is 2.31. The molecule has 0 spiro atoms. The van der Waals surface area contributed by atoms with Gasteiger partial charge in [-0.2, -0.15) is 5.26 Å². The van der Waals surface area contributed by atoms with Crippen molar-refractivity contribution in [3.8, 4) is 6.07 Å². The minimum Gasteiger partial charge on any atom is -0.398 e. The van der Waals surface area contributed by atoms with Gasteiger partial charge in [-0.05, 0) is 23.8 Å². The van der Waals surface area contributed by atoms with Gasteiger partial charge >= 0.3 is 0 Å². The predicted octanol–water partition coefficient (Wildman–Crippen LogP) is 1.37. The van der Waals surface area contributed by atoms with Gasteiger partial charge in [0.2, 0.25) is 0 Å². The van der Waals surface area contributed by atoms with Crippen molar-refractivity contribution >= 4 is 11.4 Å². The van der Waals surface area contributed by atoms with E-state index in [9.17, 15) is 8.78 Å². The summed E-state index contributed by atoms with van der Waals surface area (Å²) in [5.74, 6) is -3.17. The van der Waals surface area contributed by atoms with Gasteiger partial charge in [-0.1, -0.05) is 0 Å². The third kappa shape index (κ3) is 3.89. The molecule has 1 aromatic carbocycles. The van der Waals surface area contributed by atoms with Crippen molar-refractivity contribution in [1.29, 1.82) is 5.26 Å². The van der Waals surface area contributed by atoms with Gasteiger partial charge in [0.15, 0.2) is 0 Å². The van der Waals surface area contributed by atoms with Crippen LogP contribution in [0.15, 0.2) is 18.2 Å². The molecule has 0 atom stereocenters. The molecular formula is C11H13F2N3O. The number of hydrogen-bond acceptors (Lipinski definition) is 4. The zero-order chi connectivity index (χ0) is 12.9. The highest BCUT2D eigenvalue weighted by Gasteiger charge is 2.27. The maximum Gasteiger partial charge on any atom is 0.287 e. The van der Waals surface area contributed by atoms with E-state index in [0.29, 0.717) is 16.9 Å². The first-order valence-electron chi connectivity index (χ1n) is 4.96. The highest BCUT2D eigenvalue weighted by molar-refractivity contribution is 5.58. The first kappa shape index (κ1) is 13.2. The molecule has 4 nitrogen and oxygen atoms in total. The summed E-state index contributed by atoms with van der Waals surface area (Å²) in [4.78, 5) is 0. The van der Waals surface area contributed by atoms with Gasteiger partial charge in [0.25, 0.3) is 5.92 Å². The summed E-state index contributed by atoms with van der Waals surface area (Å²) in [6.07, 6.45) is 0.123. The molecule has 17 heavy (non-hydrogen) atoms. The van der Waals surface area contributed by atoms with Gasteiger partial charge in [-0.25, -0.2) is 8.78 Å². The number of nitrogens with one attached hydrogen (secondary N) is 1. The molecule has 0 aliphatic heterocycles. The van der Waals surface area contributed by atoms with Gasteiger partial charge in [-0.3, -0.25) is 0 Å². The second kappa shape index (κ2) is 5.46. The predicted molar refractivity (Wildman–Crippen MR) is 60.7 cm³/mol. The molecule has 0 aromatic heterocycles. The molecule has 92 valence electrons. The quantitative estimate of drug-likeness (QED) is 0.680. The topological polar surface area (TPSA) is 82.1 Å². The zero-order valence-corrected chi connectivity index (χ0v) is 9.08. The number of aliphatic hydroxyl groups is 1. The molecular weight excluding hydrogens is 228 g/mol. The molecule has 6 heteroatoms. The maximum absolute atomic E-state index is 12.8. The third-order valence-corrected chi connectivity index (χ3v) is 2.19. The number of nitrogens with two attached hydrogens (primary N) is 1. The molecule has 0 amide bonds. The highest BCUT2D eigenvalue weighted by Crippen LogP contribution is 2.20. The van der Waals surface area contributed by atoms with Gasteiger partial charge < -0.3 is 16.2 Å². The van der Waals surface area contributed by atoms with Crippen LogP contribution in [0, 0.1) is 11.3 Å². The van der Waals surface area contributed by atoms with Crippen LogP contribution in [0.4, 0.5) is 20.2 Å². The minimum absolute atomic E-state index is 0.123. The molecule has 0 radical (unpaired) electrons. The van der Waals surface area contributed by atoms with Crippen molar-refractivity contribution in [2.45, 2.75) is 12.3 Å². The Labute approximate surface area is 97.7 Å². The summed E-state index contributed by atoms with van der Waals surface area (Å²) >= 11 is 0. The van der Waals surface area contributed by atoms with E-state index < -0.39 is 19.1 Å². The van der Waals surface area contributed by atoms with E-state index in [2.05, 4.69) is 5.32 Å². The number of aliphatic hydroxyl groups excluding tert-OH is 1. The highest BCUT2D eigenvalue weighted by atomic mass is 19.3. The van der Waals surface area contributed by atoms with E-state index in [4.69, 9.17) is 16.1 Å². The number of nitriles is 1. The van der Waals surface area contributed by atoms with Crippen LogP contribution >= 0.6 is 0 Å². The number of halogens is 2. The van der Waals surface area contributed by atoms with Gasteiger partial charge in [-0.15, -0.1) is 0 Å². The summed E-state index contributed by atoms with van der Waals surface area (Å²) < 4.78 is 25.6. The summed E-state index contributed by atoms with van der Waals surface area (Å²) in [6.45, 7) is -1.88. The third-order valence-electron chi connectivity index (χ3n) is 2.19. The summed E-state index contributed by atoms with van der Waals surface area (Å²) in [6, 6.07) is 6.58. The normalized spacial score (nSPS) is 10.9. The van der Waals surface area contributed by atoms with Crippen LogP contribution in [0.2, 0.25) is 0 Å². The van der Waals surface area contributed by atoms with Crippen molar-refractivity contribution < 1.29 is 13.9 Å². The monoisotopic (exact) mass is 241 g/mol. The first-order valence-corrected chi connectivity index (χ1v) is 4.96. The summed E-state index contributed by atoms with van der Waals surface area (Å²) in [7, 11) is 0. The number of anilines is 2. The molecule has 0 saturated heterocycles. The van der Waals surface area contributed by atoms with Crippen LogP contribution in [-0.4, -0.2) is 24.2 Å². The summed E-state index contributed by atoms with van der Waals surface area (Å²) in [5, 5.41) is 19.4. The number of rotatable bonds is 5. The lowest BCUT2D eigenvalue weighted by molar-refractivity contribution is -0.0372. The molecule has 0 bridgehead atoms. The number of benzene rings is 1. The maximum atomic E-state index is 12.8. The van der Waals surface area contributed by atoms with E-state index in [0.717, 1.165) is 0 Å². The minimum atomic E-state index is -3.17. The average molecular weight is 241 g/mol. The first-order chi connectivity index (χ1) is 7.98. The SMILES string of the molecule is N#CCc1cc(NCC(F)(F)CO)ccc1N. The van der Waals surface area contributed by atoms with Crippen molar-refractivity contribution in [3.05, 3.63) is 23.8 Å². The smallest absolute Gasteiger partial charge is 0.287 e. The van der Waals surface area contributed by atoms with Gasteiger partial charge in [0.1, 0.15) is 6.61 Å². The second-order valence-corrected chi connectivity index (χ2v) is 3.62. The Bertz CT molecular complexity index is 429. The Hall–Kier alpha value is -1.87. The van der Waals surface area contributed by atoms with E-state index in [1.807, 2.05) is 6.07 Å². The molecule has 0 unspecified atom stereocenters. The molecule has 1 rings (SSSR count). The van der Waals surface area contributed by atoms with Crippen LogP contribution in [0.5, 0.6) is 0 Å². The van der Waals surface area contributed by atoms with Crippen molar-refractivity contribution in [2.24, 2.45) is 0 Å². The standard InChI is InChI=1S/C11H13F2N3O/c12-11(13,7-17)6-16-9-1-2-10(15)8(5-9)3-4-14/h1-2,5,16-17H,3,6-7,15H2. The molecule has 0 aliphatic carbocycles. The molecule has 4 N–H and O–H groups in total. The van der Waals surface area contributed by atoms with Crippen LogP contribution in [0.3, 0.4) is 0 Å². The van der Waals surface area contributed by atoms with Crippen LogP contribution in [0.1, 0.15) is 5.56 Å². The van der Waals surface area contributed by atoms with E-state index in [1.165, 1.54) is 0 Å². The molecule has 1 aromatic rings. The Morgan fingerprint density at radius 3 is 2.76 bits per heavy atom. The number of nitrogens with zero attached hydrogens (tertiary/aromatic N) is 1. The fourth-order valence-corrected chi connectivity index (χ4v) is 1.24. The fraction of sp³-hybridized carbons (Fsp3) is 0.364. The van der Waals surface area contributed by atoms with Gasteiger partial charge in [0.05, 0.1) is 19.0 Å². The second-order valence-electron chi connectivity index (χ2n) is 3.62. The Balaban J connectivity index is 2.73. The van der Waals surface area contributed by atoms with E-state index in [-0.39, 0.29) is 6.42 Å². The van der Waals surface area contributed by atoms with E-state index in [1.54, 1.807) is 18.2 Å². The van der Waals surface area contributed by atoms with Crippen molar-refractivity contribution in [2.75, 3.05) is 24.2 Å². The van der Waals surface area contributed by atoms with Gasteiger partial charge in [0, 0.05) is 11.4 Å². The van der Waals surface area contributed by atoms with Crippen molar-refractivity contribution in [1.82, 2.24) is 0 Å². The zero-order valence-electron chi connectivity index (χ0n) is 9.08. The fourth-order valence-electron chi connectivity index (χ4n) is 1.24. The molecule has 0 saturated carbocycles. The lowest BCUT2D eigenvalue weighted by Crippen LogP contribution is -2.31. The molecule has 0 heterocycles. The van der Waals surface area contributed by atoms with Crippen LogP contribution in [0.25, 0.3) is 0 Å². The molecule has 0 fully saturated rings. The largest absolute Gasteiger partial charge is 0.398 e. The number of alkyl halides is 2. The van der Waals surface area contributed by atoms with Crippen LogP contribution < -0.4 is 11.1 Å². The molecule has 0 aliphatic rings. The lowest BCUT2D eigenvalue weighted by atomic mass is 10.1.